The Morgan fingerprint density at radius 1 is 0.931 bits per heavy atom. The van der Waals surface area contributed by atoms with Gasteiger partial charge in [-0.15, -0.1) is 11.3 Å². The van der Waals surface area contributed by atoms with Crippen molar-refractivity contribution in [1.29, 1.82) is 0 Å². The molecule has 2 aromatic carbocycles. The van der Waals surface area contributed by atoms with Gasteiger partial charge in [0.2, 0.25) is 0 Å². The average Bonchev–Trinajstić information content (AvgIpc) is 3.18. The van der Waals surface area contributed by atoms with E-state index in [1.54, 1.807) is 48.8 Å². The number of nitrogens with zero attached hydrogens (tertiary/aromatic N) is 2. The highest BCUT2D eigenvalue weighted by Gasteiger charge is 2.14. The zero-order chi connectivity index (χ0) is 20.3. The van der Waals surface area contributed by atoms with Gasteiger partial charge >= 0.3 is 0 Å². The highest BCUT2D eigenvalue weighted by Crippen LogP contribution is 2.28. The molecule has 0 aliphatic heterocycles. The SMILES string of the molecule is Cc1ccc(S(=O)(=O)Nc2ccc(-c3csc(Nc4cccnc4)n3)cc2)cc1. The lowest BCUT2D eigenvalue weighted by molar-refractivity contribution is 0.601. The Hall–Kier alpha value is -3.23. The second-order valence-electron chi connectivity index (χ2n) is 6.40. The summed E-state index contributed by atoms with van der Waals surface area (Å²) < 4.78 is 27.6. The molecule has 0 saturated carbocycles. The minimum atomic E-state index is -3.62. The number of hydrogen-bond acceptors (Lipinski definition) is 6. The number of sulfonamides is 1. The Bertz CT molecular complexity index is 1200. The molecule has 0 aliphatic rings. The number of thiazole rings is 1. The van der Waals surface area contributed by atoms with Crippen LogP contribution >= 0.6 is 11.3 Å². The summed E-state index contributed by atoms with van der Waals surface area (Å²) in [6.07, 6.45) is 3.45. The lowest BCUT2D eigenvalue weighted by atomic mass is 10.1. The molecule has 29 heavy (non-hydrogen) atoms. The fraction of sp³-hybridized carbons (Fsp3) is 0.0476. The van der Waals surface area contributed by atoms with Gasteiger partial charge in [0.1, 0.15) is 0 Å². The number of anilines is 3. The number of benzene rings is 2. The molecule has 4 rings (SSSR count). The van der Waals surface area contributed by atoms with Crippen molar-refractivity contribution >= 4 is 37.9 Å². The van der Waals surface area contributed by atoms with Gasteiger partial charge in [0, 0.05) is 22.8 Å². The van der Waals surface area contributed by atoms with Crippen LogP contribution in [0.5, 0.6) is 0 Å². The maximum atomic E-state index is 12.5. The molecule has 0 bridgehead atoms. The van der Waals surface area contributed by atoms with Crippen LogP contribution in [0.15, 0.2) is 83.3 Å². The van der Waals surface area contributed by atoms with Gasteiger partial charge in [-0.3, -0.25) is 9.71 Å². The molecule has 0 fully saturated rings. The van der Waals surface area contributed by atoms with E-state index in [0.717, 1.165) is 27.6 Å². The maximum Gasteiger partial charge on any atom is 0.261 e. The van der Waals surface area contributed by atoms with Crippen LogP contribution < -0.4 is 10.0 Å². The molecule has 0 saturated heterocycles. The smallest absolute Gasteiger partial charge is 0.261 e. The summed E-state index contributed by atoms with van der Waals surface area (Å²) in [5.74, 6) is 0. The molecule has 0 spiro atoms. The Kier molecular flexibility index (Phi) is 5.28. The van der Waals surface area contributed by atoms with E-state index < -0.39 is 10.0 Å². The summed E-state index contributed by atoms with van der Waals surface area (Å²) >= 11 is 1.49. The maximum absolute atomic E-state index is 12.5. The molecular formula is C21H18N4O2S2. The summed E-state index contributed by atoms with van der Waals surface area (Å²) in [5.41, 5.74) is 4.09. The minimum absolute atomic E-state index is 0.234. The van der Waals surface area contributed by atoms with E-state index in [0.29, 0.717) is 5.69 Å². The predicted molar refractivity (Wildman–Crippen MR) is 117 cm³/mol. The van der Waals surface area contributed by atoms with Gasteiger partial charge in [-0.2, -0.15) is 0 Å². The third-order valence-electron chi connectivity index (χ3n) is 4.18. The Morgan fingerprint density at radius 2 is 1.69 bits per heavy atom. The number of aryl methyl sites for hydroxylation is 1. The van der Waals surface area contributed by atoms with E-state index in [4.69, 9.17) is 0 Å². The molecule has 6 nitrogen and oxygen atoms in total. The first-order valence-electron chi connectivity index (χ1n) is 8.82. The molecule has 146 valence electrons. The van der Waals surface area contributed by atoms with E-state index in [1.807, 2.05) is 36.6 Å². The molecule has 0 radical (unpaired) electrons. The van der Waals surface area contributed by atoms with Crippen molar-refractivity contribution in [3.63, 3.8) is 0 Å². The van der Waals surface area contributed by atoms with Crippen LogP contribution in [0.2, 0.25) is 0 Å². The van der Waals surface area contributed by atoms with Gasteiger partial charge in [-0.05, 0) is 43.3 Å². The fourth-order valence-corrected chi connectivity index (χ4v) is 4.46. The first-order valence-corrected chi connectivity index (χ1v) is 11.2. The molecule has 4 aromatic rings. The minimum Gasteiger partial charge on any atom is -0.330 e. The number of aromatic nitrogens is 2. The zero-order valence-corrected chi connectivity index (χ0v) is 17.2. The monoisotopic (exact) mass is 422 g/mol. The standard InChI is InChI=1S/C21H18N4O2S2/c1-15-4-10-19(11-5-15)29(26,27)25-17-8-6-16(7-9-17)20-14-28-21(24-20)23-18-3-2-12-22-13-18/h2-14,25H,1H3,(H,23,24). The normalized spacial score (nSPS) is 11.2. The number of rotatable bonds is 6. The first kappa shape index (κ1) is 19.1. The highest BCUT2D eigenvalue weighted by molar-refractivity contribution is 7.92. The highest BCUT2D eigenvalue weighted by atomic mass is 32.2. The first-order chi connectivity index (χ1) is 14.0. The van der Waals surface area contributed by atoms with Crippen molar-refractivity contribution in [2.24, 2.45) is 0 Å². The van der Waals surface area contributed by atoms with Gasteiger partial charge < -0.3 is 5.32 Å². The zero-order valence-electron chi connectivity index (χ0n) is 15.5. The van der Waals surface area contributed by atoms with Crippen molar-refractivity contribution in [3.05, 3.63) is 84.0 Å². The fourth-order valence-electron chi connectivity index (χ4n) is 2.66. The topological polar surface area (TPSA) is 84.0 Å². The molecule has 0 amide bonds. The van der Waals surface area contributed by atoms with Gasteiger partial charge in [0.25, 0.3) is 10.0 Å². The molecular weight excluding hydrogens is 404 g/mol. The average molecular weight is 423 g/mol. The second kappa shape index (κ2) is 8.02. The van der Waals surface area contributed by atoms with Gasteiger partial charge in [-0.1, -0.05) is 29.8 Å². The summed E-state index contributed by atoms with van der Waals surface area (Å²) in [5, 5.41) is 5.92. The molecule has 2 N–H and O–H groups in total. The summed E-state index contributed by atoms with van der Waals surface area (Å²) in [6, 6.07) is 17.7. The van der Waals surface area contributed by atoms with E-state index in [9.17, 15) is 8.42 Å². The van der Waals surface area contributed by atoms with Crippen LogP contribution in [-0.4, -0.2) is 18.4 Å². The van der Waals surface area contributed by atoms with Crippen LogP contribution in [-0.2, 0) is 10.0 Å². The van der Waals surface area contributed by atoms with Gasteiger partial charge in [0.05, 0.1) is 22.5 Å². The van der Waals surface area contributed by atoms with Gasteiger partial charge in [0.15, 0.2) is 5.13 Å². The Morgan fingerprint density at radius 3 is 2.38 bits per heavy atom. The lowest BCUT2D eigenvalue weighted by Gasteiger charge is -2.09. The molecule has 8 heteroatoms. The Balaban J connectivity index is 1.47. The van der Waals surface area contributed by atoms with Crippen LogP contribution in [0.1, 0.15) is 5.56 Å². The van der Waals surface area contributed by atoms with E-state index in [-0.39, 0.29) is 4.90 Å². The van der Waals surface area contributed by atoms with Crippen LogP contribution in [0, 0.1) is 6.92 Å². The quantitative estimate of drug-likeness (QED) is 0.454. The predicted octanol–water partition coefficient (Wildman–Crippen LogP) is 5.06. The summed E-state index contributed by atoms with van der Waals surface area (Å²) in [4.78, 5) is 8.88. The Labute approximate surface area is 173 Å². The van der Waals surface area contributed by atoms with Crippen molar-refractivity contribution < 1.29 is 8.42 Å². The van der Waals surface area contributed by atoms with Crippen molar-refractivity contribution in [1.82, 2.24) is 9.97 Å². The molecule has 0 unspecified atom stereocenters. The van der Waals surface area contributed by atoms with Crippen molar-refractivity contribution in [3.8, 4) is 11.3 Å². The number of hydrogen-bond donors (Lipinski definition) is 2. The van der Waals surface area contributed by atoms with Crippen LogP contribution in [0.4, 0.5) is 16.5 Å². The third kappa shape index (κ3) is 4.61. The molecule has 2 heterocycles. The van der Waals surface area contributed by atoms with Gasteiger partial charge in [-0.25, -0.2) is 13.4 Å². The molecule has 0 atom stereocenters. The van der Waals surface area contributed by atoms with E-state index in [2.05, 4.69) is 20.0 Å². The molecule has 0 aliphatic carbocycles. The van der Waals surface area contributed by atoms with Crippen molar-refractivity contribution in [2.75, 3.05) is 10.0 Å². The largest absolute Gasteiger partial charge is 0.330 e. The van der Waals surface area contributed by atoms with E-state index >= 15 is 0 Å². The summed E-state index contributed by atoms with van der Waals surface area (Å²) in [6.45, 7) is 1.92. The van der Waals surface area contributed by atoms with Crippen molar-refractivity contribution in [2.45, 2.75) is 11.8 Å². The van der Waals surface area contributed by atoms with Crippen LogP contribution in [0.3, 0.4) is 0 Å². The van der Waals surface area contributed by atoms with E-state index in [1.165, 1.54) is 11.3 Å². The number of pyridine rings is 1. The molecule has 2 aromatic heterocycles. The second-order valence-corrected chi connectivity index (χ2v) is 8.94. The number of nitrogens with one attached hydrogen (secondary N) is 2. The van der Waals surface area contributed by atoms with Crippen LogP contribution in [0.25, 0.3) is 11.3 Å². The summed E-state index contributed by atoms with van der Waals surface area (Å²) in [7, 11) is -3.62. The third-order valence-corrected chi connectivity index (χ3v) is 6.34. The lowest BCUT2D eigenvalue weighted by Crippen LogP contribution is -2.12.